The van der Waals surface area contributed by atoms with E-state index in [2.05, 4.69) is 10.5 Å². The predicted octanol–water partition coefficient (Wildman–Crippen LogP) is 4.25. The molecule has 0 atom stereocenters. The lowest BCUT2D eigenvalue weighted by atomic mass is 10.1. The molecule has 158 valence electrons. The summed E-state index contributed by atoms with van der Waals surface area (Å²) in [6.45, 7) is 1.75. The zero-order valence-electron chi connectivity index (χ0n) is 16.1. The molecule has 1 aromatic heterocycles. The van der Waals surface area contributed by atoms with Gasteiger partial charge in [-0.15, -0.1) is 0 Å². The second-order valence-corrected chi connectivity index (χ2v) is 8.93. The Hall–Kier alpha value is -2.91. The highest BCUT2D eigenvalue weighted by molar-refractivity contribution is 7.91. The topological polar surface area (TPSA) is 98.5 Å². The molecule has 0 saturated carbocycles. The second kappa shape index (κ2) is 8.85. The lowest BCUT2D eigenvalue weighted by molar-refractivity contribution is -0.115. The second-order valence-electron chi connectivity index (χ2n) is 6.44. The van der Waals surface area contributed by atoms with Crippen molar-refractivity contribution in [1.82, 2.24) is 5.16 Å². The van der Waals surface area contributed by atoms with Gasteiger partial charge in [-0.3, -0.25) is 4.79 Å². The average molecular weight is 453 g/mol. The van der Waals surface area contributed by atoms with Gasteiger partial charge in [-0.05, 0) is 43.3 Å². The number of ether oxygens (including phenoxy) is 1. The van der Waals surface area contributed by atoms with Gasteiger partial charge in [0, 0.05) is 23.7 Å². The minimum Gasteiger partial charge on any atom is -0.495 e. The van der Waals surface area contributed by atoms with E-state index in [4.69, 9.17) is 20.9 Å². The maximum Gasteiger partial charge on any atom is 0.225 e. The third kappa shape index (κ3) is 4.98. The molecule has 1 amide bonds. The quantitative estimate of drug-likeness (QED) is 0.575. The number of carbonyl (C=O) groups is 1. The van der Waals surface area contributed by atoms with E-state index in [1.165, 1.54) is 31.4 Å². The van der Waals surface area contributed by atoms with Crippen LogP contribution in [0.1, 0.15) is 12.1 Å². The molecule has 0 aliphatic rings. The lowest BCUT2D eigenvalue weighted by Gasteiger charge is -2.11. The first-order chi connectivity index (χ1) is 14.2. The SMILES string of the molecule is COc1ccc(-c2cc(C)no2)cc1S(=O)(=O)CCC(=O)Nc1ccc(F)c(Cl)c1. The minimum absolute atomic E-state index is 0.0609. The Morgan fingerprint density at radius 3 is 2.63 bits per heavy atom. The molecular weight excluding hydrogens is 435 g/mol. The molecule has 2 aromatic carbocycles. The van der Waals surface area contributed by atoms with Crippen LogP contribution >= 0.6 is 11.6 Å². The summed E-state index contributed by atoms with van der Waals surface area (Å²) in [5.41, 5.74) is 1.44. The van der Waals surface area contributed by atoms with Crippen LogP contribution in [0.3, 0.4) is 0 Å². The third-order valence-electron chi connectivity index (χ3n) is 4.21. The van der Waals surface area contributed by atoms with E-state index in [0.717, 1.165) is 6.07 Å². The molecule has 0 radical (unpaired) electrons. The van der Waals surface area contributed by atoms with Gasteiger partial charge in [0.2, 0.25) is 5.91 Å². The van der Waals surface area contributed by atoms with E-state index in [1.807, 2.05) is 0 Å². The van der Waals surface area contributed by atoms with E-state index in [1.54, 1.807) is 19.1 Å². The van der Waals surface area contributed by atoms with Gasteiger partial charge in [-0.2, -0.15) is 0 Å². The first kappa shape index (κ1) is 21.8. The van der Waals surface area contributed by atoms with E-state index >= 15 is 0 Å². The molecular formula is C20H18ClFN2O5S. The number of amides is 1. The minimum atomic E-state index is -3.86. The smallest absolute Gasteiger partial charge is 0.225 e. The Morgan fingerprint density at radius 1 is 1.23 bits per heavy atom. The molecule has 10 heteroatoms. The molecule has 0 fully saturated rings. The van der Waals surface area contributed by atoms with Crippen molar-refractivity contribution in [2.45, 2.75) is 18.2 Å². The van der Waals surface area contributed by atoms with Gasteiger partial charge in [0.25, 0.3) is 0 Å². The number of aromatic nitrogens is 1. The molecule has 0 aliphatic carbocycles. The molecule has 7 nitrogen and oxygen atoms in total. The number of hydrogen-bond acceptors (Lipinski definition) is 6. The molecule has 3 aromatic rings. The molecule has 0 saturated heterocycles. The highest BCUT2D eigenvalue weighted by Gasteiger charge is 2.23. The molecule has 0 aliphatic heterocycles. The number of carbonyl (C=O) groups excluding carboxylic acids is 1. The van der Waals surface area contributed by atoms with Crippen molar-refractivity contribution in [1.29, 1.82) is 0 Å². The first-order valence-electron chi connectivity index (χ1n) is 8.79. The van der Waals surface area contributed by atoms with Crippen molar-refractivity contribution in [3.05, 3.63) is 59.0 Å². The van der Waals surface area contributed by atoms with Crippen molar-refractivity contribution >= 4 is 33.0 Å². The third-order valence-corrected chi connectivity index (χ3v) is 6.23. The maximum absolute atomic E-state index is 13.2. The van der Waals surface area contributed by atoms with Gasteiger partial charge in [-0.25, -0.2) is 12.8 Å². The number of rotatable bonds is 7. The number of hydrogen-bond donors (Lipinski definition) is 1. The van der Waals surface area contributed by atoms with E-state index in [-0.39, 0.29) is 27.8 Å². The number of aryl methyl sites for hydroxylation is 1. The predicted molar refractivity (Wildman–Crippen MR) is 110 cm³/mol. The molecule has 0 spiro atoms. The van der Waals surface area contributed by atoms with Crippen LogP contribution in [0.25, 0.3) is 11.3 Å². The normalized spacial score (nSPS) is 11.3. The highest BCUT2D eigenvalue weighted by atomic mass is 35.5. The van der Waals surface area contributed by atoms with E-state index in [0.29, 0.717) is 17.0 Å². The average Bonchev–Trinajstić information content (AvgIpc) is 3.15. The highest BCUT2D eigenvalue weighted by Crippen LogP contribution is 2.31. The first-order valence-corrected chi connectivity index (χ1v) is 10.8. The van der Waals surface area contributed by atoms with E-state index < -0.39 is 27.3 Å². The van der Waals surface area contributed by atoms with Crippen molar-refractivity contribution in [3.63, 3.8) is 0 Å². The Labute approximate surface area is 177 Å². The van der Waals surface area contributed by atoms with Crippen LogP contribution in [-0.4, -0.2) is 32.3 Å². The molecule has 1 heterocycles. The molecule has 0 unspecified atom stereocenters. The fourth-order valence-corrected chi connectivity index (χ4v) is 4.33. The Bertz CT molecular complexity index is 1190. The number of benzene rings is 2. The molecule has 30 heavy (non-hydrogen) atoms. The summed E-state index contributed by atoms with van der Waals surface area (Å²) in [5, 5.41) is 6.14. The number of anilines is 1. The van der Waals surface area contributed by atoms with Crippen LogP contribution in [0, 0.1) is 12.7 Å². The Kier molecular flexibility index (Phi) is 6.42. The summed E-state index contributed by atoms with van der Waals surface area (Å²) in [6, 6.07) is 9.96. The number of nitrogens with one attached hydrogen (secondary N) is 1. The van der Waals surface area contributed by atoms with Gasteiger partial charge >= 0.3 is 0 Å². The molecule has 1 N–H and O–H groups in total. The number of halogens is 2. The number of sulfone groups is 1. The number of methoxy groups -OCH3 is 1. The molecule has 0 bridgehead atoms. The molecule has 3 rings (SSSR count). The van der Waals surface area contributed by atoms with Crippen LogP contribution in [0.5, 0.6) is 5.75 Å². The van der Waals surface area contributed by atoms with Crippen LogP contribution in [0.15, 0.2) is 51.9 Å². The van der Waals surface area contributed by atoms with Crippen LogP contribution in [0.4, 0.5) is 10.1 Å². The summed E-state index contributed by atoms with van der Waals surface area (Å²) < 4.78 is 49.3. The summed E-state index contributed by atoms with van der Waals surface area (Å²) in [7, 11) is -2.50. The van der Waals surface area contributed by atoms with Gasteiger partial charge < -0.3 is 14.6 Å². The fourth-order valence-electron chi connectivity index (χ4n) is 2.71. The number of nitrogens with zero attached hydrogens (tertiary/aromatic N) is 1. The Balaban J connectivity index is 1.77. The van der Waals surface area contributed by atoms with Crippen LogP contribution in [0.2, 0.25) is 5.02 Å². The summed E-state index contributed by atoms with van der Waals surface area (Å²) in [4.78, 5) is 12.1. The van der Waals surface area contributed by atoms with Gasteiger partial charge in [-0.1, -0.05) is 16.8 Å². The van der Waals surface area contributed by atoms with Crippen molar-refractivity contribution in [3.8, 4) is 17.1 Å². The van der Waals surface area contributed by atoms with Crippen LogP contribution in [-0.2, 0) is 14.6 Å². The van der Waals surface area contributed by atoms with Gasteiger partial charge in [0.05, 0.1) is 23.6 Å². The van der Waals surface area contributed by atoms with Crippen molar-refractivity contribution < 1.29 is 26.9 Å². The van der Waals surface area contributed by atoms with Crippen LogP contribution < -0.4 is 10.1 Å². The van der Waals surface area contributed by atoms with E-state index in [9.17, 15) is 17.6 Å². The lowest BCUT2D eigenvalue weighted by Crippen LogP contribution is -2.18. The summed E-state index contributed by atoms with van der Waals surface area (Å²) in [6.07, 6.45) is -0.313. The Morgan fingerprint density at radius 2 is 2.00 bits per heavy atom. The summed E-state index contributed by atoms with van der Waals surface area (Å²) >= 11 is 5.68. The van der Waals surface area contributed by atoms with Gasteiger partial charge in [0.1, 0.15) is 16.5 Å². The monoisotopic (exact) mass is 452 g/mol. The largest absolute Gasteiger partial charge is 0.495 e. The maximum atomic E-state index is 13.2. The summed E-state index contributed by atoms with van der Waals surface area (Å²) in [5.74, 6) is -1.06. The standard InChI is InChI=1S/C20H18ClFN2O5S/c1-12-9-18(29-24-12)13-3-6-17(28-2)19(10-13)30(26,27)8-7-20(25)23-14-4-5-16(22)15(21)11-14/h3-6,9-11H,7-8H2,1-2H3,(H,23,25). The van der Waals surface area contributed by atoms with Crippen molar-refractivity contribution in [2.24, 2.45) is 0 Å². The van der Waals surface area contributed by atoms with Crippen molar-refractivity contribution in [2.75, 3.05) is 18.2 Å². The van der Waals surface area contributed by atoms with Gasteiger partial charge in [0.15, 0.2) is 15.6 Å². The zero-order valence-corrected chi connectivity index (χ0v) is 17.7. The fraction of sp³-hybridized carbons (Fsp3) is 0.200. The zero-order chi connectivity index (χ0) is 21.9.